The van der Waals surface area contributed by atoms with E-state index in [0.717, 1.165) is 31.4 Å². The van der Waals surface area contributed by atoms with E-state index in [0.29, 0.717) is 18.7 Å². The lowest BCUT2D eigenvalue weighted by molar-refractivity contribution is -0.119. The van der Waals surface area contributed by atoms with E-state index in [-0.39, 0.29) is 10.6 Å². The van der Waals surface area contributed by atoms with Crippen LogP contribution in [-0.4, -0.2) is 52.7 Å². The number of aryl methyl sites for hydroxylation is 1. The minimum atomic E-state index is -4.12. The molecule has 1 fully saturated rings. The Labute approximate surface area is 185 Å². The summed E-state index contributed by atoms with van der Waals surface area (Å²) in [7, 11) is -7.81. The minimum absolute atomic E-state index is 0.0587. The second-order valence-corrected chi connectivity index (χ2v) is 10.7. The molecule has 174 valence electrons. The molecule has 1 saturated heterocycles. The molecule has 11 nitrogen and oxygen atoms in total. The lowest BCUT2D eigenvalue weighted by Gasteiger charge is -2.26. The van der Waals surface area contributed by atoms with Gasteiger partial charge in [0.25, 0.3) is 15.9 Å². The number of piperidine rings is 1. The van der Waals surface area contributed by atoms with Gasteiger partial charge < -0.3 is 14.5 Å². The highest BCUT2D eigenvalue weighted by molar-refractivity contribution is 7.89. The Morgan fingerprint density at radius 2 is 1.78 bits per heavy atom. The molecule has 3 rings (SSSR count). The maximum atomic E-state index is 12.9. The number of nitrogens with one attached hydrogen (secondary N) is 1. The van der Waals surface area contributed by atoms with E-state index in [1.54, 1.807) is 13.0 Å². The number of ether oxygens (including phenoxy) is 1. The summed E-state index contributed by atoms with van der Waals surface area (Å²) in [5.74, 6) is -2.21. The number of hydrogen-bond donors (Lipinski definition) is 2. The molecule has 1 aliphatic rings. The van der Waals surface area contributed by atoms with Crippen molar-refractivity contribution >= 4 is 37.6 Å². The van der Waals surface area contributed by atoms with Gasteiger partial charge in [0.05, 0.1) is 4.90 Å². The van der Waals surface area contributed by atoms with Gasteiger partial charge in [0.1, 0.15) is 0 Å². The van der Waals surface area contributed by atoms with Gasteiger partial charge in [-0.15, -0.1) is 0 Å². The minimum Gasteiger partial charge on any atom is -0.450 e. The standard InChI is InChI=1S/C19H23N3O8S2/c1-13-5-6-14(32(27,28)22-9-3-2-4-10-22)11-15(13)21-17(23)12-29-19(24)16-7-8-18(30-16)31(20,25)26/h5-8,11H,2-4,9-10,12H2,1H3,(H,21,23)(H2,20,25,26). The lowest BCUT2D eigenvalue weighted by atomic mass is 10.2. The first-order valence-electron chi connectivity index (χ1n) is 9.69. The monoisotopic (exact) mass is 485 g/mol. The van der Waals surface area contributed by atoms with Crippen LogP contribution in [0.15, 0.2) is 44.7 Å². The maximum absolute atomic E-state index is 12.9. The summed E-state index contributed by atoms with van der Waals surface area (Å²) in [5.41, 5.74) is 0.879. The fourth-order valence-electron chi connectivity index (χ4n) is 3.12. The average Bonchev–Trinajstić information content (AvgIpc) is 3.25. The van der Waals surface area contributed by atoms with Crippen molar-refractivity contribution in [2.45, 2.75) is 36.2 Å². The van der Waals surface area contributed by atoms with E-state index in [2.05, 4.69) is 5.32 Å². The van der Waals surface area contributed by atoms with E-state index < -0.39 is 49.4 Å². The summed E-state index contributed by atoms with van der Waals surface area (Å²) in [6.45, 7) is 1.89. The number of hydrogen-bond acceptors (Lipinski definition) is 8. The summed E-state index contributed by atoms with van der Waals surface area (Å²) < 4.78 is 59.1. The first-order chi connectivity index (χ1) is 15.0. The van der Waals surface area contributed by atoms with Gasteiger partial charge in [-0.3, -0.25) is 4.79 Å². The van der Waals surface area contributed by atoms with Crippen LogP contribution in [0.25, 0.3) is 0 Å². The van der Waals surface area contributed by atoms with Gasteiger partial charge in [-0.1, -0.05) is 12.5 Å². The van der Waals surface area contributed by atoms with Crippen LogP contribution >= 0.6 is 0 Å². The van der Waals surface area contributed by atoms with Gasteiger partial charge in [-0.05, 0) is 49.6 Å². The molecule has 32 heavy (non-hydrogen) atoms. The topological polar surface area (TPSA) is 166 Å². The van der Waals surface area contributed by atoms with Crippen molar-refractivity contribution in [2.75, 3.05) is 25.0 Å². The van der Waals surface area contributed by atoms with Crippen LogP contribution in [0, 0.1) is 6.92 Å². The Morgan fingerprint density at radius 1 is 1.09 bits per heavy atom. The predicted molar refractivity (Wildman–Crippen MR) is 113 cm³/mol. The summed E-state index contributed by atoms with van der Waals surface area (Å²) in [4.78, 5) is 24.2. The molecule has 13 heteroatoms. The molecule has 0 aliphatic carbocycles. The molecule has 1 aliphatic heterocycles. The largest absolute Gasteiger partial charge is 0.450 e. The lowest BCUT2D eigenvalue weighted by Crippen LogP contribution is -2.35. The Morgan fingerprint density at radius 3 is 2.41 bits per heavy atom. The molecule has 1 aromatic carbocycles. The van der Waals surface area contributed by atoms with Crippen molar-refractivity contribution < 1.29 is 35.6 Å². The van der Waals surface area contributed by atoms with Crippen LogP contribution in [0.5, 0.6) is 0 Å². The number of nitrogens with two attached hydrogens (primary N) is 1. The molecule has 0 radical (unpaired) electrons. The molecule has 0 atom stereocenters. The highest BCUT2D eigenvalue weighted by Gasteiger charge is 2.26. The fourth-order valence-corrected chi connectivity index (χ4v) is 5.13. The second kappa shape index (κ2) is 9.40. The van der Waals surface area contributed by atoms with Crippen molar-refractivity contribution in [3.8, 4) is 0 Å². The van der Waals surface area contributed by atoms with E-state index in [4.69, 9.17) is 14.3 Å². The number of benzene rings is 1. The van der Waals surface area contributed by atoms with E-state index in [9.17, 15) is 26.4 Å². The molecular formula is C19H23N3O8S2. The van der Waals surface area contributed by atoms with Gasteiger partial charge in [0.15, 0.2) is 6.61 Å². The molecule has 2 aromatic rings. The number of furan rings is 1. The number of rotatable bonds is 7. The Hall–Kier alpha value is -2.74. The zero-order valence-corrected chi connectivity index (χ0v) is 18.9. The van der Waals surface area contributed by atoms with Crippen LogP contribution in [-0.2, 0) is 29.6 Å². The third kappa shape index (κ3) is 5.54. The van der Waals surface area contributed by atoms with Gasteiger partial charge in [-0.2, -0.15) is 4.31 Å². The van der Waals surface area contributed by atoms with Crippen LogP contribution in [0.4, 0.5) is 5.69 Å². The Balaban J connectivity index is 1.65. The smallest absolute Gasteiger partial charge is 0.374 e. The fraction of sp³-hybridized carbons (Fsp3) is 0.368. The number of sulfonamides is 2. The molecule has 1 amide bonds. The molecule has 3 N–H and O–H groups in total. The SMILES string of the molecule is Cc1ccc(S(=O)(=O)N2CCCCC2)cc1NC(=O)COC(=O)c1ccc(S(N)(=O)=O)o1. The third-order valence-corrected chi connectivity index (χ3v) is 7.51. The maximum Gasteiger partial charge on any atom is 0.374 e. The number of primary sulfonamides is 1. The second-order valence-electron chi connectivity index (χ2n) is 7.23. The van der Waals surface area contributed by atoms with Gasteiger partial charge >= 0.3 is 5.97 Å². The summed E-state index contributed by atoms with van der Waals surface area (Å²) >= 11 is 0. The number of nitrogens with zero attached hydrogens (tertiary/aromatic N) is 1. The zero-order chi connectivity index (χ0) is 23.5. The van der Waals surface area contributed by atoms with Gasteiger partial charge in [-0.25, -0.2) is 26.8 Å². The average molecular weight is 486 g/mol. The number of anilines is 1. The van der Waals surface area contributed by atoms with E-state index in [1.807, 2.05) is 0 Å². The molecule has 0 spiro atoms. The van der Waals surface area contributed by atoms with Crippen LogP contribution in [0.2, 0.25) is 0 Å². The number of carbonyl (C=O) groups excluding carboxylic acids is 2. The number of carbonyl (C=O) groups is 2. The summed E-state index contributed by atoms with van der Waals surface area (Å²) in [5, 5.41) is 6.80. The van der Waals surface area contributed by atoms with Crippen molar-refractivity contribution in [2.24, 2.45) is 5.14 Å². The molecule has 1 aromatic heterocycles. The summed E-state index contributed by atoms with van der Waals surface area (Å²) in [6, 6.07) is 6.47. The number of amides is 1. The Bertz CT molecular complexity index is 1230. The van der Waals surface area contributed by atoms with Gasteiger partial charge in [0, 0.05) is 18.8 Å². The predicted octanol–water partition coefficient (Wildman–Crippen LogP) is 1.21. The van der Waals surface area contributed by atoms with E-state index in [1.165, 1.54) is 16.4 Å². The van der Waals surface area contributed by atoms with Crippen LogP contribution < -0.4 is 10.5 Å². The molecule has 2 heterocycles. The first-order valence-corrected chi connectivity index (χ1v) is 12.7. The Kier molecular flexibility index (Phi) is 7.03. The third-order valence-electron chi connectivity index (χ3n) is 4.83. The van der Waals surface area contributed by atoms with E-state index >= 15 is 0 Å². The highest BCUT2D eigenvalue weighted by atomic mass is 32.2. The van der Waals surface area contributed by atoms with Crippen LogP contribution in [0.3, 0.4) is 0 Å². The number of esters is 1. The van der Waals surface area contributed by atoms with Crippen LogP contribution in [0.1, 0.15) is 35.4 Å². The highest BCUT2D eigenvalue weighted by Crippen LogP contribution is 2.25. The quantitative estimate of drug-likeness (QED) is 0.552. The molecule has 0 unspecified atom stereocenters. The normalized spacial score (nSPS) is 15.3. The zero-order valence-electron chi connectivity index (χ0n) is 17.2. The van der Waals surface area contributed by atoms with Gasteiger partial charge in [0.2, 0.25) is 20.9 Å². The molecule has 0 saturated carbocycles. The van der Waals surface area contributed by atoms with Crippen molar-refractivity contribution in [3.05, 3.63) is 41.7 Å². The molecule has 0 bridgehead atoms. The first kappa shape index (κ1) is 23.9. The van der Waals surface area contributed by atoms with Crippen molar-refractivity contribution in [1.82, 2.24) is 4.31 Å². The van der Waals surface area contributed by atoms with Crippen molar-refractivity contribution in [3.63, 3.8) is 0 Å². The van der Waals surface area contributed by atoms with Crippen molar-refractivity contribution in [1.29, 1.82) is 0 Å². The summed E-state index contributed by atoms with van der Waals surface area (Å²) in [6.07, 6.45) is 2.59. The molecular weight excluding hydrogens is 462 g/mol.